The monoisotopic (exact) mass is 351 g/mol. The normalized spacial score (nSPS) is 15.9. The second-order valence-electron chi connectivity index (χ2n) is 6.12. The Bertz CT molecular complexity index is 667. The van der Waals surface area contributed by atoms with Crippen molar-refractivity contribution in [1.29, 1.82) is 0 Å². The first kappa shape index (κ1) is 18.9. The van der Waals surface area contributed by atoms with Gasteiger partial charge in [0, 0.05) is 51.4 Å². The largest absolute Gasteiger partial charge is 0.503 e. The molecular weight excluding hydrogens is 326 g/mol. The maximum atomic E-state index is 12.3. The van der Waals surface area contributed by atoms with Gasteiger partial charge in [-0.1, -0.05) is 0 Å². The van der Waals surface area contributed by atoms with Gasteiger partial charge < -0.3 is 30.9 Å². The molecule has 5 N–H and O–H groups in total. The SMILES string of the molecule is NCC(N)CCC(=O)N1CCN(C(=O)Cn2cccc(O)c2=O)CC1. The molecule has 2 heterocycles. The Labute approximate surface area is 145 Å². The number of pyridine rings is 1. The molecule has 25 heavy (non-hydrogen) atoms. The van der Waals surface area contributed by atoms with Gasteiger partial charge in [0.2, 0.25) is 11.8 Å². The lowest BCUT2D eigenvalue weighted by molar-refractivity contribution is -0.140. The molecule has 1 aliphatic heterocycles. The molecule has 1 aromatic heterocycles. The van der Waals surface area contributed by atoms with E-state index in [0.29, 0.717) is 45.6 Å². The standard InChI is InChI=1S/C16H25N5O4/c17-10-12(18)3-4-14(23)19-6-8-20(9-7-19)15(24)11-21-5-1-2-13(22)16(21)25/h1-2,5,12,22H,3-4,6-11,17-18H2. The third kappa shape index (κ3) is 5.04. The van der Waals surface area contributed by atoms with Crippen molar-refractivity contribution >= 4 is 11.8 Å². The van der Waals surface area contributed by atoms with Gasteiger partial charge in [-0.3, -0.25) is 14.4 Å². The van der Waals surface area contributed by atoms with Crippen LogP contribution in [0.4, 0.5) is 0 Å². The Morgan fingerprint density at radius 1 is 1.16 bits per heavy atom. The number of carbonyl (C=O) groups excluding carboxylic acids is 2. The quantitative estimate of drug-likeness (QED) is 0.559. The van der Waals surface area contributed by atoms with Gasteiger partial charge in [0.1, 0.15) is 6.54 Å². The van der Waals surface area contributed by atoms with E-state index in [1.165, 1.54) is 22.9 Å². The Kier molecular flexibility index (Phi) is 6.54. The summed E-state index contributed by atoms with van der Waals surface area (Å²) in [6.45, 7) is 1.97. The smallest absolute Gasteiger partial charge is 0.293 e. The minimum absolute atomic E-state index is 0.0141. The van der Waals surface area contributed by atoms with Gasteiger partial charge in [-0.05, 0) is 18.6 Å². The van der Waals surface area contributed by atoms with Crippen LogP contribution in [0.2, 0.25) is 0 Å². The molecule has 0 saturated carbocycles. The van der Waals surface area contributed by atoms with Crippen LogP contribution in [0.25, 0.3) is 0 Å². The van der Waals surface area contributed by atoms with Crippen molar-refractivity contribution in [3.63, 3.8) is 0 Å². The second kappa shape index (κ2) is 8.63. The third-order valence-corrected chi connectivity index (χ3v) is 4.32. The fourth-order valence-corrected chi connectivity index (χ4v) is 2.68. The van der Waals surface area contributed by atoms with Crippen LogP contribution in [0.15, 0.2) is 23.1 Å². The van der Waals surface area contributed by atoms with Crippen molar-refractivity contribution in [3.05, 3.63) is 28.7 Å². The molecule has 0 aromatic carbocycles. The first-order valence-electron chi connectivity index (χ1n) is 8.32. The van der Waals surface area contributed by atoms with E-state index in [4.69, 9.17) is 11.5 Å². The van der Waals surface area contributed by atoms with Crippen LogP contribution in [0.1, 0.15) is 12.8 Å². The van der Waals surface area contributed by atoms with E-state index in [9.17, 15) is 19.5 Å². The summed E-state index contributed by atoms with van der Waals surface area (Å²) in [7, 11) is 0. The lowest BCUT2D eigenvalue weighted by Crippen LogP contribution is -2.51. The highest BCUT2D eigenvalue weighted by Crippen LogP contribution is 2.07. The van der Waals surface area contributed by atoms with E-state index in [-0.39, 0.29) is 30.2 Å². The number of nitrogens with two attached hydrogens (primary N) is 2. The zero-order chi connectivity index (χ0) is 18.4. The number of aromatic nitrogens is 1. The van der Waals surface area contributed by atoms with E-state index in [1.54, 1.807) is 9.80 Å². The van der Waals surface area contributed by atoms with E-state index < -0.39 is 5.56 Å². The molecule has 1 aromatic rings. The van der Waals surface area contributed by atoms with Crippen LogP contribution in [-0.4, -0.2) is 70.1 Å². The maximum absolute atomic E-state index is 12.3. The Hall–Kier alpha value is -2.39. The molecule has 0 spiro atoms. The summed E-state index contributed by atoms with van der Waals surface area (Å²) in [4.78, 5) is 39.5. The number of nitrogens with zero attached hydrogens (tertiary/aromatic N) is 3. The predicted octanol–water partition coefficient (Wildman–Crippen LogP) is -1.71. The Morgan fingerprint density at radius 2 is 1.76 bits per heavy atom. The van der Waals surface area contributed by atoms with Gasteiger partial charge in [0.25, 0.3) is 5.56 Å². The Morgan fingerprint density at radius 3 is 2.36 bits per heavy atom. The topological polar surface area (TPSA) is 135 Å². The summed E-state index contributed by atoms with van der Waals surface area (Å²) in [5.41, 5.74) is 10.6. The van der Waals surface area contributed by atoms with Crippen LogP contribution in [0.5, 0.6) is 5.75 Å². The summed E-state index contributed by atoms with van der Waals surface area (Å²) >= 11 is 0. The molecule has 2 amide bonds. The van der Waals surface area contributed by atoms with E-state index in [2.05, 4.69) is 0 Å². The number of hydrogen-bond donors (Lipinski definition) is 3. The molecule has 1 atom stereocenters. The minimum atomic E-state index is -0.596. The molecule has 1 unspecified atom stereocenters. The van der Waals surface area contributed by atoms with Crippen LogP contribution < -0.4 is 17.0 Å². The molecule has 1 aliphatic rings. The van der Waals surface area contributed by atoms with Gasteiger partial charge >= 0.3 is 0 Å². The zero-order valence-electron chi connectivity index (χ0n) is 14.1. The summed E-state index contributed by atoms with van der Waals surface area (Å²) < 4.78 is 1.17. The van der Waals surface area contributed by atoms with Crippen LogP contribution in [0, 0.1) is 0 Å². The molecule has 0 aliphatic carbocycles. The highest BCUT2D eigenvalue weighted by atomic mass is 16.3. The molecule has 9 nitrogen and oxygen atoms in total. The highest BCUT2D eigenvalue weighted by Gasteiger charge is 2.24. The number of rotatable bonds is 6. The van der Waals surface area contributed by atoms with Gasteiger partial charge in [0.15, 0.2) is 5.75 Å². The van der Waals surface area contributed by atoms with Crippen LogP contribution in [0.3, 0.4) is 0 Å². The molecule has 0 radical (unpaired) electrons. The van der Waals surface area contributed by atoms with Crippen molar-refractivity contribution in [1.82, 2.24) is 14.4 Å². The minimum Gasteiger partial charge on any atom is -0.503 e. The average molecular weight is 351 g/mol. The van der Waals surface area contributed by atoms with Gasteiger partial charge in [-0.2, -0.15) is 0 Å². The first-order valence-corrected chi connectivity index (χ1v) is 8.32. The Balaban J connectivity index is 1.83. The molecule has 9 heteroatoms. The average Bonchev–Trinajstić information content (AvgIpc) is 2.63. The zero-order valence-corrected chi connectivity index (χ0v) is 14.1. The highest BCUT2D eigenvalue weighted by molar-refractivity contribution is 5.78. The van der Waals surface area contributed by atoms with Crippen molar-refractivity contribution in [3.8, 4) is 5.75 Å². The van der Waals surface area contributed by atoms with Crippen molar-refractivity contribution in [2.24, 2.45) is 11.5 Å². The van der Waals surface area contributed by atoms with Crippen LogP contribution in [-0.2, 0) is 16.1 Å². The molecule has 138 valence electrons. The van der Waals surface area contributed by atoms with Gasteiger partial charge in [-0.25, -0.2) is 0 Å². The molecule has 1 saturated heterocycles. The summed E-state index contributed by atoms with van der Waals surface area (Å²) in [6, 6.07) is 2.61. The van der Waals surface area contributed by atoms with Crippen molar-refractivity contribution in [2.45, 2.75) is 25.4 Å². The number of carbonyl (C=O) groups is 2. The molecule has 1 fully saturated rings. The number of aromatic hydroxyl groups is 1. The van der Waals surface area contributed by atoms with E-state index in [0.717, 1.165) is 0 Å². The fraction of sp³-hybridized carbons (Fsp3) is 0.562. The fourth-order valence-electron chi connectivity index (χ4n) is 2.68. The van der Waals surface area contributed by atoms with Crippen LogP contribution >= 0.6 is 0 Å². The first-order chi connectivity index (χ1) is 11.9. The molecule has 0 bridgehead atoms. The van der Waals surface area contributed by atoms with Crippen molar-refractivity contribution in [2.75, 3.05) is 32.7 Å². The number of amides is 2. The van der Waals surface area contributed by atoms with E-state index >= 15 is 0 Å². The summed E-state index contributed by atoms with van der Waals surface area (Å²) in [6.07, 6.45) is 2.36. The summed E-state index contributed by atoms with van der Waals surface area (Å²) in [5, 5.41) is 9.41. The number of piperazine rings is 1. The summed E-state index contributed by atoms with van der Waals surface area (Å²) in [5.74, 6) is -0.591. The van der Waals surface area contributed by atoms with E-state index in [1.807, 2.05) is 0 Å². The third-order valence-electron chi connectivity index (χ3n) is 4.32. The lowest BCUT2D eigenvalue weighted by atomic mass is 10.1. The molecular formula is C16H25N5O4. The molecule has 2 rings (SSSR count). The van der Waals surface area contributed by atoms with Crippen molar-refractivity contribution < 1.29 is 14.7 Å². The number of hydrogen-bond acceptors (Lipinski definition) is 6. The lowest BCUT2D eigenvalue weighted by Gasteiger charge is -2.35. The maximum Gasteiger partial charge on any atom is 0.293 e. The van der Waals surface area contributed by atoms with Gasteiger partial charge in [0.05, 0.1) is 0 Å². The predicted molar refractivity (Wildman–Crippen MR) is 91.8 cm³/mol. The van der Waals surface area contributed by atoms with Gasteiger partial charge in [-0.15, -0.1) is 0 Å². The second-order valence-corrected chi connectivity index (χ2v) is 6.12.